The van der Waals surface area contributed by atoms with E-state index >= 15 is 0 Å². The van der Waals surface area contributed by atoms with Crippen LogP contribution in [0.5, 0.6) is 0 Å². The van der Waals surface area contributed by atoms with Crippen molar-refractivity contribution in [2.24, 2.45) is 5.92 Å². The van der Waals surface area contributed by atoms with E-state index in [4.69, 9.17) is 0 Å². The van der Waals surface area contributed by atoms with Crippen molar-refractivity contribution in [1.29, 1.82) is 0 Å². The first-order valence-corrected chi connectivity index (χ1v) is 8.58. The lowest BCUT2D eigenvalue weighted by Gasteiger charge is -2.33. The lowest BCUT2D eigenvalue weighted by atomic mass is 9.93. The van der Waals surface area contributed by atoms with Crippen molar-refractivity contribution < 1.29 is 13.6 Å². The average molecular weight is 348 g/mol. The van der Waals surface area contributed by atoms with Crippen molar-refractivity contribution >= 4 is 5.91 Å². The summed E-state index contributed by atoms with van der Waals surface area (Å²) in [7, 11) is 0. The predicted molar refractivity (Wildman–Crippen MR) is 89.1 cm³/mol. The Balaban J connectivity index is 1.71. The lowest BCUT2D eigenvalue weighted by molar-refractivity contribution is 0.0666. The normalized spacial score (nSPS) is 18.0. The van der Waals surface area contributed by atoms with Gasteiger partial charge in [0.15, 0.2) is 0 Å². The highest BCUT2D eigenvalue weighted by Gasteiger charge is 2.27. The summed E-state index contributed by atoms with van der Waals surface area (Å²) in [6, 6.07) is 3.25. The third-order valence-corrected chi connectivity index (χ3v) is 4.64. The second-order valence-corrected chi connectivity index (χ2v) is 6.84. The van der Waals surface area contributed by atoms with Crippen LogP contribution >= 0.6 is 0 Å². The summed E-state index contributed by atoms with van der Waals surface area (Å²) in [5, 5.41) is 8.16. The molecule has 5 nitrogen and oxygen atoms in total. The molecular weight excluding hydrogens is 326 g/mol. The first-order valence-electron chi connectivity index (χ1n) is 8.58. The van der Waals surface area contributed by atoms with Gasteiger partial charge in [-0.2, -0.15) is 0 Å². The minimum absolute atomic E-state index is 0.203. The van der Waals surface area contributed by atoms with Crippen LogP contribution in [0, 0.1) is 17.6 Å². The fourth-order valence-electron chi connectivity index (χ4n) is 3.35. The monoisotopic (exact) mass is 348 g/mol. The summed E-state index contributed by atoms with van der Waals surface area (Å²) in [5.74, 6) is -0.620. The minimum Gasteiger partial charge on any atom is -0.338 e. The molecule has 1 fully saturated rings. The van der Waals surface area contributed by atoms with Crippen molar-refractivity contribution in [3.05, 3.63) is 47.5 Å². The van der Waals surface area contributed by atoms with Crippen LogP contribution < -0.4 is 0 Å². The van der Waals surface area contributed by atoms with Crippen LogP contribution in [-0.4, -0.2) is 38.7 Å². The number of hydrogen-bond donors (Lipinski definition) is 0. The maximum Gasteiger partial charge on any atom is 0.256 e. The van der Waals surface area contributed by atoms with Gasteiger partial charge >= 0.3 is 0 Å². The van der Waals surface area contributed by atoms with Gasteiger partial charge in [-0.3, -0.25) is 4.79 Å². The second-order valence-electron chi connectivity index (χ2n) is 6.84. The largest absolute Gasteiger partial charge is 0.338 e. The average Bonchev–Trinajstić information content (AvgIpc) is 3.05. The number of halogens is 2. The number of benzene rings is 1. The van der Waals surface area contributed by atoms with E-state index in [1.165, 1.54) is 0 Å². The van der Waals surface area contributed by atoms with E-state index in [-0.39, 0.29) is 17.5 Å². The Morgan fingerprint density at radius 1 is 1.36 bits per heavy atom. The van der Waals surface area contributed by atoms with Crippen LogP contribution in [0.1, 0.15) is 48.9 Å². The standard InChI is InChI=1S/C18H22F2N4O/c1-12(2)24-11-21-22-17(24)8-13-4-3-7-23(10-13)18(25)15-9-14(19)5-6-16(15)20/h5-6,9,11-13H,3-4,7-8,10H2,1-2H3. The van der Waals surface area contributed by atoms with Crippen LogP contribution in [0.15, 0.2) is 24.5 Å². The maximum atomic E-state index is 13.9. The molecule has 3 rings (SSSR count). The summed E-state index contributed by atoms with van der Waals surface area (Å²) in [6.45, 7) is 5.20. The summed E-state index contributed by atoms with van der Waals surface area (Å²) in [5.41, 5.74) is -0.203. The van der Waals surface area contributed by atoms with Gasteiger partial charge in [0.05, 0.1) is 5.56 Å². The van der Waals surface area contributed by atoms with E-state index in [1.807, 2.05) is 4.57 Å². The number of carbonyl (C=O) groups excluding carboxylic acids is 1. The number of carbonyl (C=O) groups is 1. The summed E-state index contributed by atoms with van der Waals surface area (Å²) < 4.78 is 29.3. The first-order chi connectivity index (χ1) is 12.0. The van der Waals surface area contributed by atoms with Crippen molar-refractivity contribution in [3.8, 4) is 0 Å². The van der Waals surface area contributed by atoms with Crippen molar-refractivity contribution in [3.63, 3.8) is 0 Å². The molecule has 2 aromatic rings. The quantitative estimate of drug-likeness (QED) is 0.852. The zero-order valence-corrected chi connectivity index (χ0v) is 14.5. The Bertz CT molecular complexity index is 759. The van der Waals surface area contributed by atoms with Crippen LogP contribution in [0.4, 0.5) is 8.78 Å². The third-order valence-electron chi connectivity index (χ3n) is 4.64. The SMILES string of the molecule is CC(C)n1cnnc1CC1CCCN(C(=O)c2cc(F)ccc2F)C1. The molecule has 1 aromatic heterocycles. The molecule has 0 N–H and O–H groups in total. The van der Waals surface area contributed by atoms with Crippen molar-refractivity contribution in [2.45, 2.75) is 39.2 Å². The Morgan fingerprint density at radius 3 is 2.92 bits per heavy atom. The van der Waals surface area contributed by atoms with Gasteiger partial charge in [0.25, 0.3) is 5.91 Å². The van der Waals surface area contributed by atoms with Crippen LogP contribution in [0.25, 0.3) is 0 Å². The third kappa shape index (κ3) is 3.86. The van der Waals surface area contributed by atoms with Crippen LogP contribution in [0.2, 0.25) is 0 Å². The highest BCUT2D eigenvalue weighted by molar-refractivity contribution is 5.94. The molecule has 1 unspecified atom stereocenters. The molecule has 1 saturated heterocycles. The molecule has 25 heavy (non-hydrogen) atoms. The Morgan fingerprint density at radius 2 is 2.16 bits per heavy atom. The lowest BCUT2D eigenvalue weighted by Crippen LogP contribution is -2.41. The van der Waals surface area contributed by atoms with Gasteiger partial charge in [-0.25, -0.2) is 8.78 Å². The fraction of sp³-hybridized carbons (Fsp3) is 0.500. The van der Waals surface area contributed by atoms with E-state index in [0.29, 0.717) is 19.5 Å². The van der Waals surface area contributed by atoms with Crippen LogP contribution in [-0.2, 0) is 6.42 Å². The minimum atomic E-state index is -0.687. The molecule has 1 atom stereocenters. The number of likely N-dealkylation sites (tertiary alicyclic amines) is 1. The molecule has 1 aromatic carbocycles. The van der Waals surface area contributed by atoms with E-state index in [2.05, 4.69) is 24.0 Å². The number of aromatic nitrogens is 3. The number of rotatable bonds is 4. The molecule has 1 amide bonds. The molecule has 0 aliphatic carbocycles. The highest BCUT2D eigenvalue weighted by Crippen LogP contribution is 2.23. The molecule has 0 bridgehead atoms. The Labute approximate surface area is 145 Å². The van der Waals surface area contributed by atoms with Gasteiger partial charge in [0.2, 0.25) is 0 Å². The highest BCUT2D eigenvalue weighted by atomic mass is 19.1. The van der Waals surface area contributed by atoms with Gasteiger partial charge in [-0.1, -0.05) is 0 Å². The Kier molecular flexibility index (Phi) is 5.11. The van der Waals surface area contributed by atoms with Gasteiger partial charge in [-0.05, 0) is 50.8 Å². The summed E-state index contributed by atoms with van der Waals surface area (Å²) in [4.78, 5) is 14.2. The molecule has 1 aliphatic rings. The van der Waals surface area contributed by atoms with Crippen molar-refractivity contribution in [2.75, 3.05) is 13.1 Å². The molecule has 2 heterocycles. The first kappa shape index (κ1) is 17.5. The molecule has 1 aliphatic heterocycles. The van der Waals surface area contributed by atoms with Gasteiger partial charge < -0.3 is 9.47 Å². The number of nitrogens with zero attached hydrogens (tertiary/aromatic N) is 4. The number of hydrogen-bond acceptors (Lipinski definition) is 3. The topological polar surface area (TPSA) is 51.0 Å². The zero-order valence-electron chi connectivity index (χ0n) is 14.5. The van der Waals surface area contributed by atoms with Gasteiger partial charge in [0, 0.05) is 25.6 Å². The van der Waals surface area contributed by atoms with Gasteiger partial charge in [0.1, 0.15) is 23.8 Å². The van der Waals surface area contributed by atoms with E-state index in [9.17, 15) is 13.6 Å². The van der Waals surface area contributed by atoms with Crippen molar-refractivity contribution in [1.82, 2.24) is 19.7 Å². The second kappa shape index (κ2) is 7.29. The summed E-state index contributed by atoms with van der Waals surface area (Å²) >= 11 is 0. The van der Waals surface area contributed by atoms with Gasteiger partial charge in [-0.15, -0.1) is 10.2 Å². The zero-order chi connectivity index (χ0) is 18.0. The molecule has 0 radical (unpaired) electrons. The molecule has 134 valence electrons. The molecule has 7 heteroatoms. The van der Waals surface area contributed by atoms with E-state index in [1.54, 1.807) is 11.2 Å². The molecule has 0 spiro atoms. The van der Waals surface area contributed by atoms with E-state index < -0.39 is 17.5 Å². The predicted octanol–water partition coefficient (Wildman–Crippen LogP) is 3.23. The maximum absolute atomic E-state index is 13.9. The van der Waals surface area contributed by atoms with E-state index in [0.717, 1.165) is 36.9 Å². The number of amides is 1. The summed E-state index contributed by atoms with van der Waals surface area (Å²) in [6.07, 6.45) is 4.24. The number of piperidine rings is 1. The Hall–Kier alpha value is -2.31. The molecular formula is C18H22F2N4O. The molecule has 0 saturated carbocycles. The fourth-order valence-corrected chi connectivity index (χ4v) is 3.35. The van der Waals surface area contributed by atoms with Crippen LogP contribution in [0.3, 0.4) is 0 Å². The smallest absolute Gasteiger partial charge is 0.256 e.